The second-order valence-electron chi connectivity index (χ2n) is 5.01. The topological polar surface area (TPSA) is 66.0 Å². The average molecular weight is 331 g/mol. The van der Waals surface area contributed by atoms with Crippen LogP contribution in [0.4, 0.5) is 5.69 Å². The lowest BCUT2D eigenvalue weighted by atomic mass is 10.1. The Morgan fingerprint density at radius 3 is 2.12 bits per heavy atom. The standard InChI is InChI=1S/C18H21NO5/c1-12-9-16(22-3)17(23-4)10-13(12)19-18(20)11-24-15-8-6-5-7-14(15)21-2/h5-10H,11H2,1-4H3,(H,19,20). The molecule has 0 unspecified atom stereocenters. The van der Waals surface area contributed by atoms with Gasteiger partial charge in [0, 0.05) is 11.8 Å². The van der Waals surface area contributed by atoms with E-state index < -0.39 is 0 Å². The Morgan fingerprint density at radius 1 is 0.917 bits per heavy atom. The number of ether oxygens (including phenoxy) is 4. The summed E-state index contributed by atoms with van der Waals surface area (Å²) in [6, 6.07) is 10.7. The quantitative estimate of drug-likeness (QED) is 0.845. The van der Waals surface area contributed by atoms with Gasteiger partial charge in [-0.3, -0.25) is 4.79 Å². The number of carbonyl (C=O) groups excluding carboxylic acids is 1. The van der Waals surface area contributed by atoms with E-state index in [0.29, 0.717) is 28.7 Å². The molecule has 1 N–H and O–H groups in total. The molecule has 2 rings (SSSR count). The maximum Gasteiger partial charge on any atom is 0.262 e. The summed E-state index contributed by atoms with van der Waals surface area (Å²) in [6.07, 6.45) is 0. The van der Waals surface area contributed by atoms with Gasteiger partial charge in [-0.05, 0) is 30.7 Å². The minimum atomic E-state index is -0.281. The maximum atomic E-state index is 12.1. The molecule has 0 fully saturated rings. The van der Waals surface area contributed by atoms with Crippen LogP contribution in [-0.2, 0) is 4.79 Å². The number of nitrogens with one attached hydrogen (secondary N) is 1. The van der Waals surface area contributed by atoms with Crippen LogP contribution in [0.3, 0.4) is 0 Å². The molecule has 2 aromatic carbocycles. The summed E-state index contributed by atoms with van der Waals surface area (Å²) in [6.45, 7) is 1.74. The molecule has 2 aromatic rings. The normalized spacial score (nSPS) is 10.0. The predicted octanol–water partition coefficient (Wildman–Crippen LogP) is 3.04. The molecule has 0 heterocycles. The van der Waals surface area contributed by atoms with E-state index in [4.69, 9.17) is 18.9 Å². The van der Waals surface area contributed by atoms with Crippen molar-refractivity contribution in [3.63, 3.8) is 0 Å². The minimum absolute atomic E-state index is 0.131. The highest BCUT2D eigenvalue weighted by atomic mass is 16.5. The van der Waals surface area contributed by atoms with Crippen LogP contribution in [0.2, 0.25) is 0 Å². The van der Waals surface area contributed by atoms with Crippen LogP contribution < -0.4 is 24.3 Å². The molecule has 1 amide bonds. The Kier molecular flexibility index (Phi) is 5.89. The summed E-state index contributed by atoms with van der Waals surface area (Å²) in [5.41, 5.74) is 1.50. The Hall–Kier alpha value is -2.89. The number of para-hydroxylation sites is 2. The van der Waals surface area contributed by atoms with Crippen LogP contribution in [0.15, 0.2) is 36.4 Å². The van der Waals surface area contributed by atoms with Gasteiger partial charge in [-0.25, -0.2) is 0 Å². The molecule has 0 aliphatic rings. The molecule has 0 saturated carbocycles. The number of benzene rings is 2. The van der Waals surface area contributed by atoms with Crippen molar-refractivity contribution in [2.75, 3.05) is 33.3 Å². The first-order valence-corrected chi connectivity index (χ1v) is 7.37. The van der Waals surface area contributed by atoms with Gasteiger partial charge in [-0.1, -0.05) is 12.1 Å². The number of hydrogen-bond acceptors (Lipinski definition) is 5. The molecular formula is C18H21NO5. The molecule has 0 saturated heterocycles. The highest BCUT2D eigenvalue weighted by molar-refractivity contribution is 5.93. The lowest BCUT2D eigenvalue weighted by molar-refractivity contribution is -0.118. The minimum Gasteiger partial charge on any atom is -0.493 e. The van der Waals surface area contributed by atoms with Gasteiger partial charge in [0.1, 0.15) is 0 Å². The van der Waals surface area contributed by atoms with Crippen LogP contribution in [0.5, 0.6) is 23.0 Å². The van der Waals surface area contributed by atoms with Crippen molar-refractivity contribution < 1.29 is 23.7 Å². The van der Waals surface area contributed by atoms with Crippen LogP contribution in [-0.4, -0.2) is 33.8 Å². The number of methoxy groups -OCH3 is 3. The molecular weight excluding hydrogens is 310 g/mol. The van der Waals surface area contributed by atoms with Crippen molar-refractivity contribution in [2.45, 2.75) is 6.92 Å². The van der Waals surface area contributed by atoms with Gasteiger partial charge in [0.15, 0.2) is 29.6 Å². The van der Waals surface area contributed by atoms with E-state index in [1.165, 1.54) is 0 Å². The smallest absolute Gasteiger partial charge is 0.262 e. The van der Waals surface area contributed by atoms with Crippen LogP contribution >= 0.6 is 0 Å². The van der Waals surface area contributed by atoms with Crippen LogP contribution in [0.1, 0.15) is 5.56 Å². The van der Waals surface area contributed by atoms with E-state index in [-0.39, 0.29) is 12.5 Å². The first-order chi connectivity index (χ1) is 11.6. The molecule has 0 aliphatic heterocycles. The fraction of sp³-hybridized carbons (Fsp3) is 0.278. The molecule has 0 bridgehead atoms. The Balaban J connectivity index is 2.04. The van der Waals surface area contributed by atoms with Crippen molar-refractivity contribution in [2.24, 2.45) is 0 Å². The van der Waals surface area contributed by atoms with E-state index in [9.17, 15) is 4.79 Å². The zero-order valence-corrected chi connectivity index (χ0v) is 14.2. The fourth-order valence-corrected chi connectivity index (χ4v) is 2.18. The number of amides is 1. The lowest BCUT2D eigenvalue weighted by Gasteiger charge is -2.14. The van der Waals surface area contributed by atoms with Crippen molar-refractivity contribution >= 4 is 11.6 Å². The summed E-state index contributed by atoms with van der Waals surface area (Å²) in [5, 5.41) is 2.80. The maximum absolute atomic E-state index is 12.1. The first kappa shape index (κ1) is 17.5. The number of carbonyl (C=O) groups is 1. The second-order valence-corrected chi connectivity index (χ2v) is 5.01. The highest BCUT2D eigenvalue weighted by Gasteiger charge is 2.12. The van der Waals surface area contributed by atoms with E-state index in [1.807, 2.05) is 19.1 Å². The van der Waals surface area contributed by atoms with Crippen LogP contribution in [0, 0.1) is 6.92 Å². The number of aryl methyl sites for hydroxylation is 1. The molecule has 0 aromatic heterocycles. The Bertz CT molecular complexity index is 715. The lowest BCUT2D eigenvalue weighted by Crippen LogP contribution is -2.21. The largest absolute Gasteiger partial charge is 0.493 e. The molecule has 24 heavy (non-hydrogen) atoms. The van der Waals surface area contributed by atoms with Crippen molar-refractivity contribution in [3.05, 3.63) is 42.0 Å². The molecule has 0 radical (unpaired) electrons. The van der Waals surface area contributed by atoms with Gasteiger partial charge in [-0.2, -0.15) is 0 Å². The molecule has 128 valence electrons. The number of rotatable bonds is 7. The van der Waals surface area contributed by atoms with Crippen molar-refractivity contribution in [3.8, 4) is 23.0 Å². The fourth-order valence-electron chi connectivity index (χ4n) is 2.18. The zero-order valence-electron chi connectivity index (χ0n) is 14.2. The third-order valence-electron chi connectivity index (χ3n) is 3.43. The molecule has 0 spiro atoms. The average Bonchev–Trinajstić information content (AvgIpc) is 2.61. The van der Waals surface area contributed by atoms with E-state index in [2.05, 4.69) is 5.32 Å². The summed E-state index contributed by atoms with van der Waals surface area (Å²) in [4.78, 5) is 12.1. The van der Waals surface area contributed by atoms with Crippen molar-refractivity contribution in [1.29, 1.82) is 0 Å². The third-order valence-corrected chi connectivity index (χ3v) is 3.43. The zero-order chi connectivity index (χ0) is 17.5. The summed E-state index contributed by atoms with van der Waals surface area (Å²) in [7, 11) is 4.66. The van der Waals surface area contributed by atoms with Crippen molar-refractivity contribution in [1.82, 2.24) is 0 Å². The summed E-state index contributed by atoms with van der Waals surface area (Å²) in [5.74, 6) is 1.96. The van der Waals surface area contributed by atoms with Gasteiger partial charge in [0.05, 0.1) is 21.3 Å². The predicted molar refractivity (Wildman–Crippen MR) is 91.4 cm³/mol. The first-order valence-electron chi connectivity index (χ1n) is 7.37. The number of hydrogen-bond donors (Lipinski definition) is 1. The van der Waals surface area contributed by atoms with E-state index >= 15 is 0 Å². The third kappa shape index (κ3) is 4.10. The summed E-state index contributed by atoms with van der Waals surface area (Å²) < 4.78 is 21.2. The Labute approximate surface area is 141 Å². The SMILES string of the molecule is COc1cc(C)c(NC(=O)COc2ccccc2OC)cc1OC. The number of anilines is 1. The second kappa shape index (κ2) is 8.10. The van der Waals surface area contributed by atoms with Gasteiger partial charge >= 0.3 is 0 Å². The van der Waals surface area contributed by atoms with E-state index in [0.717, 1.165) is 5.56 Å². The summed E-state index contributed by atoms with van der Waals surface area (Å²) >= 11 is 0. The van der Waals surface area contributed by atoms with Crippen LogP contribution in [0.25, 0.3) is 0 Å². The van der Waals surface area contributed by atoms with Gasteiger partial charge in [0.25, 0.3) is 5.91 Å². The van der Waals surface area contributed by atoms with Gasteiger partial charge in [-0.15, -0.1) is 0 Å². The van der Waals surface area contributed by atoms with E-state index in [1.54, 1.807) is 45.6 Å². The highest BCUT2D eigenvalue weighted by Crippen LogP contribution is 2.33. The Morgan fingerprint density at radius 2 is 1.50 bits per heavy atom. The molecule has 6 heteroatoms. The monoisotopic (exact) mass is 331 g/mol. The van der Waals surface area contributed by atoms with Gasteiger partial charge in [0.2, 0.25) is 0 Å². The van der Waals surface area contributed by atoms with Gasteiger partial charge < -0.3 is 24.3 Å². The molecule has 6 nitrogen and oxygen atoms in total. The molecule has 0 aliphatic carbocycles. The molecule has 0 atom stereocenters.